The van der Waals surface area contributed by atoms with Gasteiger partial charge in [0.05, 0.1) is 0 Å². The van der Waals surface area contributed by atoms with E-state index in [9.17, 15) is 4.79 Å². The van der Waals surface area contributed by atoms with Crippen LogP contribution in [0.4, 0.5) is 0 Å². The van der Waals surface area contributed by atoms with E-state index < -0.39 is 0 Å². The van der Waals surface area contributed by atoms with Gasteiger partial charge in [-0.2, -0.15) is 0 Å². The summed E-state index contributed by atoms with van der Waals surface area (Å²) >= 11 is 3.38. The van der Waals surface area contributed by atoms with E-state index in [-0.39, 0.29) is 18.2 Å². The van der Waals surface area contributed by atoms with Gasteiger partial charge in [-0.3, -0.25) is 4.79 Å². The highest BCUT2D eigenvalue weighted by molar-refractivity contribution is 9.10. The van der Waals surface area contributed by atoms with Gasteiger partial charge in [-0.15, -0.1) is 12.4 Å². The van der Waals surface area contributed by atoms with Crippen molar-refractivity contribution in [1.29, 1.82) is 0 Å². The molecule has 2 aromatic rings. The van der Waals surface area contributed by atoms with Crippen molar-refractivity contribution in [1.82, 2.24) is 5.32 Å². The monoisotopic (exact) mass is 365 g/mol. The first-order valence-corrected chi connectivity index (χ1v) is 7.67. The van der Waals surface area contributed by atoms with Crippen LogP contribution >= 0.6 is 28.3 Å². The second kappa shape index (κ2) is 7.21. The first-order chi connectivity index (χ1) is 9.74. The molecule has 2 nitrogen and oxygen atoms in total. The van der Waals surface area contributed by atoms with Crippen molar-refractivity contribution in [3.05, 3.63) is 69.7 Å². The minimum Gasteiger partial charge on any atom is -0.310 e. The van der Waals surface area contributed by atoms with Crippen molar-refractivity contribution < 1.29 is 4.79 Å². The standard InChI is InChI=1S/C17H16BrNO.ClH/c18-15-9-7-14(8-10-15)17(20)13-5-3-12(4-6-13)16-2-1-11-19-16;/h3-10,16,19H,1-2,11H2;1H/t16-;/m0./s1. The largest absolute Gasteiger partial charge is 0.310 e. The van der Waals surface area contributed by atoms with Gasteiger partial charge in [0.1, 0.15) is 0 Å². The Hall–Kier alpha value is -1.16. The lowest BCUT2D eigenvalue weighted by atomic mass is 9.99. The zero-order valence-electron chi connectivity index (χ0n) is 11.5. The molecule has 0 radical (unpaired) electrons. The highest BCUT2D eigenvalue weighted by Crippen LogP contribution is 2.23. The van der Waals surface area contributed by atoms with Gasteiger partial charge in [0.2, 0.25) is 0 Å². The number of carbonyl (C=O) groups excluding carboxylic acids is 1. The molecule has 1 atom stereocenters. The SMILES string of the molecule is Cl.O=C(c1ccc(Br)cc1)c1ccc([C@@H]2CCCN2)cc1. The Labute approximate surface area is 139 Å². The number of rotatable bonds is 3. The molecule has 0 aromatic heterocycles. The summed E-state index contributed by atoms with van der Waals surface area (Å²) in [7, 11) is 0. The molecule has 0 aliphatic carbocycles. The van der Waals surface area contributed by atoms with Gasteiger partial charge in [-0.05, 0) is 49.2 Å². The van der Waals surface area contributed by atoms with Crippen LogP contribution in [0.3, 0.4) is 0 Å². The lowest BCUT2D eigenvalue weighted by Crippen LogP contribution is -2.13. The van der Waals surface area contributed by atoms with Gasteiger partial charge < -0.3 is 5.32 Å². The van der Waals surface area contributed by atoms with E-state index in [2.05, 4.69) is 33.4 Å². The van der Waals surface area contributed by atoms with Crippen molar-refractivity contribution in [2.45, 2.75) is 18.9 Å². The summed E-state index contributed by atoms with van der Waals surface area (Å²) < 4.78 is 0.983. The second-order valence-electron chi connectivity index (χ2n) is 5.11. The van der Waals surface area contributed by atoms with Gasteiger partial charge in [0.25, 0.3) is 0 Å². The molecule has 1 saturated heterocycles. The summed E-state index contributed by atoms with van der Waals surface area (Å²) in [5.41, 5.74) is 2.74. The highest BCUT2D eigenvalue weighted by atomic mass is 79.9. The number of hydrogen-bond donors (Lipinski definition) is 1. The van der Waals surface area contributed by atoms with Crippen LogP contribution in [0.2, 0.25) is 0 Å². The molecule has 0 spiro atoms. The van der Waals surface area contributed by atoms with Gasteiger partial charge in [0, 0.05) is 21.6 Å². The molecular weight excluding hydrogens is 350 g/mol. The predicted molar refractivity (Wildman–Crippen MR) is 91.2 cm³/mol. The molecule has 110 valence electrons. The van der Waals surface area contributed by atoms with Gasteiger partial charge in [-0.1, -0.05) is 40.2 Å². The second-order valence-corrected chi connectivity index (χ2v) is 6.02. The van der Waals surface area contributed by atoms with Crippen LogP contribution < -0.4 is 5.32 Å². The first kappa shape index (κ1) is 16.2. The van der Waals surface area contributed by atoms with Crippen molar-refractivity contribution in [2.24, 2.45) is 0 Å². The molecule has 1 N–H and O–H groups in total. The third-order valence-electron chi connectivity index (χ3n) is 3.74. The van der Waals surface area contributed by atoms with E-state index in [1.165, 1.54) is 18.4 Å². The average molecular weight is 367 g/mol. The Kier molecular flexibility index (Phi) is 5.57. The van der Waals surface area contributed by atoms with Crippen molar-refractivity contribution in [2.75, 3.05) is 6.54 Å². The molecule has 0 amide bonds. The summed E-state index contributed by atoms with van der Waals surface area (Å²) in [6.45, 7) is 1.09. The Balaban J connectivity index is 0.00000161. The fourth-order valence-corrected chi connectivity index (χ4v) is 2.87. The van der Waals surface area contributed by atoms with Crippen molar-refractivity contribution in [3.63, 3.8) is 0 Å². The summed E-state index contributed by atoms with van der Waals surface area (Å²) in [5.74, 6) is 0.0726. The number of benzene rings is 2. The Morgan fingerprint density at radius 3 is 2.10 bits per heavy atom. The normalized spacial score (nSPS) is 17.3. The molecule has 0 unspecified atom stereocenters. The number of ketones is 1. The molecule has 1 fully saturated rings. The lowest BCUT2D eigenvalue weighted by molar-refractivity contribution is 0.103. The van der Waals surface area contributed by atoms with E-state index in [1.807, 2.05) is 36.4 Å². The minimum absolute atomic E-state index is 0. The minimum atomic E-state index is 0. The third kappa shape index (κ3) is 3.73. The van der Waals surface area contributed by atoms with Gasteiger partial charge in [-0.25, -0.2) is 0 Å². The topological polar surface area (TPSA) is 29.1 Å². The first-order valence-electron chi connectivity index (χ1n) is 6.87. The summed E-state index contributed by atoms with van der Waals surface area (Å²) in [4.78, 5) is 12.4. The van der Waals surface area contributed by atoms with E-state index in [0.29, 0.717) is 6.04 Å². The molecule has 4 heteroatoms. The van der Waals surface area contributed by atoms with E-state index in [0.717, 1.165) is 22.1 Å². The number of halogens is 2. The molecule has 1 heterocycles. The van der Waals surface area contributed by atoms with Crippen LogP contribution in [-0.4, -0.2) is 12.3 Å². The molecule has 0 saturated carbocycles. The Morgan fingerprint density at radius 1 is 1.00 bits per heavy atom. The number of carbonyl (C=O) groups is 1. The van der Waals surface area contributed by atoms with Gasteiger partial charge >= 0.3 is 0 Å². The third-order valence-corrected chi connectivity index (χ3v) is 4.27. The Morgan fingerprint density at radius 2 is 1.57 bits per heavy atom. The molecule has 0 bridgehead atoms. The van der Waals surface area contributed by atoms with Crippen LogP contribution in [-0.2, 0) is 0 Å². The van der Waals surface area contributed by atoms with Gasteiger partial charge in [0.15, 0.2) is 5.78 Å². The van der Waals surface area contributed by atoms with Crippen molar-refractivity contribution in [3.8, 4) is 0 Å². The maximum absolute atomic E-state index is 12.4. The lowest BCUT2D eigenvalue weighted by Gasteiger charge is -2.11. The van der Waals surface area contributed by atoms with Crippen LogP contribution in [0.15, 0.2) is 53.0 Å². The molecule has 1 aliphatic rings. The van der Waals surface area contributed by atoms with Crippen LogP contribution in [0.1, 0.15) is 40.4 Å². The number of hydrogen-bond acceptors (Lipinski definition) is 2. The fourth-order valence-electron chi connectivity index (χ4n) is 2.60. The summed E-state index contributed by atoms with van der Waals surface area (Å²) in [6, 6.07) is 15.9. The molecule has 2 aromatic carbocycles. The molecule has 21 heavy (non-hydrogen) atoms. The zero-order chi connectivity index (χ0) is 13.9. The summed E-state index contributed by atoms with van der Waals surface area (Å²) in [6.07, 6.45) is 2.41. The van der Waals surface area contributed by atoms with Crippen molar-refractivity contribution >= 4 is 34.1 Å². The smallest absolute Gasteiger partial charge is 0.193 e. The Bertz CT molecular complexity index is 604. The maximum atomic E-state index is 12.4. The predicted octanol–water partition coefficient (Wildman–Crippen LogP) is 4.53. The van der Waals surface area contributed by atoms with E-state index in [1.54, 1.807) is 0 Å². The zero-order valence-corrected chi connectivity index (χ0v) is 13.9. The average Bonchev–Trinajstić information content (AvgIpc) is 3.02. The summed E-state index contributed by atoms with van der Waals surface area (Å²) in [5, 5.41) is 3.47. The molecule has 1 aliphatic heterocycles. The van der Waals surface area contributed by atoms with Crippen LogP contribution in [0.5, 0.6) is 0 Å². The van der Waals surface area contributed by atoms with E-state index in [4.69, 9.17) is 0 Å². The van der Waals surface area contributed by atoms with E-state index >= 15 is 0 Å². The quantitative estimate of drug-likeness (QED) is 0.809. The molecule has 3 rings (SSSR count). The highest BCUT2D eigenvalue weighted by Gasteiger charge is 2.16. The van der Waals surface area contributed by atoms with Crippen LogP contribution in [0.25, 0.3) is 0 Å². The fraction of sp³-hybridized carbons (Fsp3) is 0.235. The molecular formula is C17H17BrClNO. The maximum Gasteiger partial charge on any atom is 0.193 e. The number of nitrogens with one attached hydrogen (secondary N) is 1. The van der Waals surface area contributed by atoms with Crippen LogP contribution in [0, 0.1) is 0 Å².